The molecule has 0 atom stereocenters. The van der Waals surface area contributed by atoms with E-state index < -0.39 is 19.7 Å². The number of carbonyl (C=O) groups is 2. The molecule has 2 amide bonds. The molecular weight excluding hydrogens is 671 g/mol. The van der Waals surface area contributed by atoms with Crippen molar-refractivity contribution in [2.45, 2.75) is 19.6 Å². The molecule has 15 heteroatoms. The Kier molecular flexibility index (Phi) is 9.34. The van der Waals surface area contributed by atoms with Crippen molar-refractivity contribution in [3.63, 3.8) is 0 Å². The van der Waals surface area contributed by atoms with Gasteiger partial charge in [0.1, 0.15) is 23.9 Å². The van der Waals surface area contributed by atoms with E-state index in [9.17, 15) is 26.4 Å². The summed E-state index contributed by atoms with van der Waals surface area (Å²) in [4.78, 5) is 31.8. The second kappa shape index (κ2) is 13.8. The lowest BCUT2D eigenvalue weighted by molar-refractivity contribution is -0.121. The highest BCUT2D eigenvalue weighted by molar-refractivity contribution is 7.91. The first-order valence-electron chi connectivity index (χ1n) is 15.0. The van der Waals surface area contributed by atoms with Gasteiger partial charge in [0, 0.05) is 18.7 Å². The van der Waals surface area contributed by atoms with E-state index in [-0.39, 0.29) is 56.9 Å². The zero-order chi connectivity index (χ0) is 34.6. The Labute approximate surface area is 282 Å². The van der Waals surface area contributed by atoms with E-state index in [0.717, 1.165) is 12.4 Å². The van der Waals surface area contributed by atoms with Crippen molar-refractivity contribution >= 4 is 48.7 Å². The fraction of sp³-hybridized carbons (Fsp3) is 0.176. The minimum absolute atomic E-state index is 0.0775. The van der Waals surface area contributed by atoms with Crippen molar-refractivity contribution in [2.75, 3.05) is 49.2 Å². The van der Waals surface area contributed by atoms with E-state index in [2.05, 4.69) is 10.3 Å². The summed E-state index contributed by atoms with van der Waals surface area (Å²) in [6.45, 7) is 1.31. The predicted octanol–water partition coefficient (Wildman–Crippen LogP) is 3.01. The van der Waals surface area contributed by atoms with Crippen LogP contribution in [0, 0.1) is 11.3 Å². The molecule has 0 aliphatic carbocycles. The molecule has 0 radical (unpaired) electrons. The maximum Gasteiger partial charge on any atom is 0.265 e. The van der Waals surface area contributed by atoms with Gasteiger partial charge in [-0.2, -0.15) is 5.26 Å². The van der Waals surface area contributed by atoms with Crippen LogP contribution in [-0.4, -0.2) is 73.9 Å². The van der Waals surface area contributed by atoms with E-state index >= 15 is 0 Å². The third kappa shape index (κ3) is 6.82. The summed E-state index contributed by atoms with van der Waals surface area (Å²) >= 11 is 0. The quantitative estimate of drug-likeness (QED) is 0.282. The molecule has 3 aliphatic heterocycles. The summed E-state index contributed by atoms with van der Waals surface area (Å²) in [5.74, 6) is 0.870. The first-order chi connectivity index (χ1) is 23.6. The maximum atomic E-state index is 12.8. The van der Waals surface area contributed by atoms with Crippen molar-refractivity contribution < 1.29 is 35.9 Å². The normalized spacial score (nSPS) is 15.3. The molecule has 250 valence electrons. The number of sulfone groups is 2. The number of nitrogens with one attached hydrogen (secondary N) is 1. The smallest absolute Gasteiger partial charge is 0.265 e. The molecule has 49 heavy (non-hydrogen) atoms. The number of aliphatic imine (C=N–C) groups is 1. The number of carbonyl (C=O) groups excluding carboxylic acids is 2. The molecule has 1 N–H and O–H groups in total. The first kappa shape index (κ1) is 33.2. The van der Waals surface area contributed by atoms with Gasteiger partial charge in [0.15, 0.2) is 13.2 Å². The number of benzene rings is 4. The second-order valence-electron chi connectivity index (χ2n) is 10.8. The van der Waals surface area contributed by atoms with Gasteiger partial charge in [-0.05, 0) is 48.5 Å². The van der Waals surface area contributed by atoms with Crippen LogP contribution in [0.1, 0.15) is 0 Å². The predicted molar refractivity (Wildman–Crippen MR) is 178 cm³/mol. The SMILES string of the molecule is N#CCN1C(=O)COc2cc(S(=O)(=O)c3ccccc3)ccc21.O=C1COc2cc(S(=O)(=O)c3ccccc3)ccc2N1CC1=NCCN1. The average molecular weight is 700 g/mol. The standard InChI is InChI=1S/C18H17N3O4S.C16H12N2O4S/c22-18-12-25-16-10-14(26(23,24)13-4-2-1-3-5-13)6-7-15(16)21(18)11-17-19-8-9-20-17;17-8-9-18-14-7-6-13(10-15(14)22-11-16(18)19)23(20,21)12-4-2-1-3-5-12/h1-7,10H,8-9,11-12H2,(H,19,20);1-7,10H,9,11H2. The van der Waals surface area contributed by atoms with Gasteiger partial charge < -0.3 is 14.8 Å². The van der Waals surface area contributed by atoms with Crippen LogP contribution in [0.4, 0.5) is 11.4 Å². The number of nitrogens with zero attached hydrogens (tertiary/aromatic N) is 4. The number of nitriles is 1. The third-order valence-electron chi connectivity index (χ3n) is 7.76. The molecule has 3 aliphatic rings. The summed E-state index contributed by atoms with van der Waals surface area (Å²) in [6, 6.07) is 27.1. The monoisotopic (exact) mass is 699 g/mol. The molecule has 0 bridgehead atoms. The Morgan fingerprint density at radius 3 is 1.65 bits per heavy atom. The Morgan fingerprint density at radius 2 is 1.18 bits per heavy atom. The molecule has 0 aromatic heterocycles. The van der Waals surface area contributed by atoms with Crippen LogP contribution >= 0.6 is 0 Å². The Balaban J connectivity index is 0.000000171. The van der Waals surface area contributed by atoms with Crippen molar-refractivity contribution in [2.24, 2.45) is 4.99 Å². The number of hydrogen-bond donors (Lipinski definition) is 1. The Bertz CT molecular complexity index is 2200. The van der Waals surface area contributed by atoms with Gasteiger partial charge in [-0.25, -0.2) is 16.8 Å². The zero-order valence-corrected chi connectivity index (χ0v) is 27.5. The number of rotatable bonds is 7. The van der Waals surface area contributed by atoms with Gasteiger partial charge in [0.2, 0.25) is 19.7 Å². The molecule has 0 fully saturated rings. The minimum Gasteiger partial charge on any atom is -0.482 e. The number of amidine groups is 1. The fourth-order valence-corrected chi connectivity index (χ4v) is 7.89. The molecule has 4 aromatic carbocycles. The summed E-state index contributed by atoms with van der Waals surface area (Å²) in [7, 11) is -7.31. The number of ether oxygens (including phenoxy) is 2. The highest BCUT2D eigenvalue weighted by atomic mass is 32.2. The summed E-state index contributed by atoms with van der Waals surface area (Å²) in [5, 5.41) is 11.9. The first-order valence-corrected chi connectivity index (χ1v) is 17.9. The number of hydrogen-bond acceptors (Lipinski definition) is 11. The number of amides is 2. The van der Waals surface area contributed by atoms with E-state index in [1.165, 1.54) is 47.4 Å². The van der Waals surface area contributed by atoms with Gasteiger partial charge >= 0.3 is 0 Å². The molecule has 3 heterocycles. The molecule has 0 saturated carbocycles. The van der Waals surface area contributed by atoms with E-state index in [4.69, 9.17) is 14.7 Å². The van der Waals surface area contributed by atoms with E-state index in [1.54, 1.807) is 59.5 Å². The van der Waals surface area contributed by atoms with Crippen molar-refractivity contribution in [3.8, 4) is 17.6 Å². The van der Waals surface area contributed by atoms with Crippen molar-refractivity contribution in [1.82, 2.24) is 5.32 Å². The number of fused-ring (bicyclic) bond motifs is 2. The van der Waals surface area contributed by atoms with Crippen LogP contribution in [0.3, 0.4) is 0 Å². The molecule has 0 unspecified atom stereocenters. The van der Waals surface area contributed by atoms with Crippen LogP contribution in [0.25, 0.3) is 0 Å². The van der Waals surface area contributed by atoms with Crippen LogP contribution in [0.2, 0.25) is 0 Å². The Hall–Kier alpha value is -5.72. The minimum atomic E-state index is -3.66. The van der Waals surface area contributed by atoms with Gasteiger partial charge in [-0.15, -0.1) is 0 Å². The van der Waals surface area contributed by atoms with Gasteiger partial charge in [0.25, 0.3) is 11.8 Å². The second-order valence-corrected chi connectivity index (χ2v) is 14.7. The molecule has 13 nitrogen and oxygen atoms in total. The summed E-state index contributed by atoms with van der Waals surface area (Å²) in [5.41, 5.74) is 0.944. The highest BCUT2D eigenvalue weighted by Crippen LogP contribution is 2.37. The zero-order valence-electron chi connectivity index (χ0n) is 25.9. The maximum absolute atomic E-state index is 12.8. The topological polar surface area (TPSA) is 176 Å². The average Bonchev–Trinajstić information content (AvgIpc) is 3.65. The van der Waals surface area contributed by atoms with Crippen molar-refractivity contribution in [1.29, 1.82) is 5.26 Å². The highest BCUT2D eigenvalue weighted by Gasteiger charge is 2.30. The van der Waals surface area contributed by atoms with Gasteiger partial charge in [-0.3, -0.25) is 24.4 Å². The molecular formula is C34H29N5O8S2. The summed E-state index contributed by atoms with van der Waals surface area (Å²) < 4.78 is 61.6. The molecule has 7 rings (SSSR count). The summed E-state index contributed by atoms with van der Waals surface area (Å²) in [6.07, 6.45) is 0. The fourth-order valence-electron chi connectivity index (χ4n) is 5.30. The van der Waals surface area contributed by atoms with E-state index in [1.807, 2.05) is 6.07 Å². The van der Waals surface area contributed by atoms with Crippen LogP contribution in [0.15, 0.2) is 122 Å². The third-order valence-corrected chi connectivity index (χ3v) is 11.3. The van der Waals surface area contributed by atoms with Gasteiger partial charge in [-0.1, -0.05) is 36.4 Å². The lowest BCUT2D eigenvalue weighted by Gasteiger charge is -2.29. The molecule has 0 spiro atoms. The lowest BCUT2D eigenvalue weighted by atomic mass is 10.2. The van der Waals surface area contributed by atoms with Crippen molar-refractivity contribution in [3.05, 3.63) is 97.1 Å². The van der Waals surface area contributed by atoms with Crippen LogP contribution in [-0.2, 0) is 29.3 Å². The van der Waals surface area contributed by atoms with Gasteiger partial charge in [0.05, 0.1) is 50.1 Å². The number of anilines is 2. The lowest BCUT2D eigenvalue weighted by Crippen LogP contribution is -2.44. The van der Waals surface area contributed by atoms with Crippen LogP contribution < -0.4 is 24.6 Å². The molecule has 0 saturated heterocycles. The molecule has 4 aromatic rings. The van der Waals surface area contributed by atoms with Crippen LogP contribution in [0.5, 0.6) is 11.5 Å². The Morgan fingerprint density at radius 1 is 0.694 bits per heavy atom. The van der Waals surface area contributed by atoms with E-state index in [0.29, 0.717) is 30.2 Å². The largest absolute Gasteiger partial charge is 0.482 e.